The first-order valence-corrected chi connectivity index (χ1v) is 6.31. The van der Waals surface area contributed by atoms with Gasteiger partial charge in [-0.1, -0.05) is 12.1 Å². The zero-order valence-corrected chi connectivity index (χ0v) is 10.7. The van der Waals surface area contributed by atoms with E-state index in [9.17, 15) is 0 Å². The van der Waals surface area contributed by atoms with Gasteiger partial charge in [-0.3, -0.25) is 0 Å². The Morgan fingerprint density at radius 2 is 2.29 bits per heavy atom. The van der Waals surface area contributed by atoms with Gasteiger partial charge in [0.05, 0.1) is 7.11 Å². The van der Waals surface area contributed by atoms with Gasteiger partial charge in [-0.05, 0) is 49.5 Å². The second-order valence-electron chi connectivity index (χ2n) is 4.82. The minimum atomic E-state index is 0.540. The molecule has 3 heteroatoms. The molecular weight excluding hydrogens is 212 g/mol. The Morgan fingerprint density at radius 3 is 2.94 bits per heavy atom. The number of rotatable bonds is 3. The van der Waals surface area contributed by atoms with Crippen molar-refractivity contribution in [1.82, 2.24) is 5.32 Å². The Kier molecular flexibility index (Phi) is 4.02. The molecule has 2 unspecified atom stereocenters. The highest BCUT2D eigenvalue weighted by molar-refractivity contribution is 5.38. The van der Waals surface area contributed by atoms with E-state index in [0.717, 1.165) is 25.4 Å². The molecule has 0 aliphatic carbocycles. The van der Waals surface area contributed by atoms with Crippen LogP contribution in [0.5, 0.6) is 5.75 Å². The van der Waals surface area contributed by atoms with Crippen LogP contribution in [0.1, 0.15) is 23.5 Å². The first-order valence-electron chi connectivity index (χ1n) is 6.31. The summed E-state index contributed by atoms with van der Waals surface area (Å²) in [7, 11) is 1.72. The molecule has 2 atom stereocenters. The van der Waals surface area contributed by atoms with Crippen molar-refractivity contribution in [3.8, 4) is 5.75 Å². The van der Waals surface area contributed by atoms with Crippen LogP contribution in [0.15, 0.2) is 18.2 Å². The van der Waals surface area contributed by atoms with Crippen LogP contribution in [0.2, 0.25) is 0 Å². The van der Waals surface area contributed by atoms with Crippen LogP contribution >= 0.6 is 0 Å². The first-order chi connectivity index (χ1) is 8.26. The zero-order chi connectivity index (χ0) is 12.3. The molecule has 2 rings (SSSR count). The highest BCUT2D eigenvalue weighted by Crippen LogP contribution is 2.31. The second-order valence-corrected chi connectivity index (χ2v) is 4.82. The van der Waals surface area contributed by atoms with E-state index >= 15 is 0 Å². The number of ether oxygens (including phenoxy) is 1. The number of benzene rings is 1. The highest BCUT2D eigenvalue weighted by Gasteiger charge is 2.25. The first kappa shape index (κ1) is 12.4. The summed E-state index contributed by atoms with van der Waals surface area (Å²) < 4.78 is 5.30. The summed E-state index contributed by atoms with van der Waals surface area (Å²) in [6.07, 6.45) is 1.17. The van der Waals surface area contributed by atoms with Gasteiger partial charge in [-0.2, -0.15) is 0 Å². The fraction of sp³-hybridized carbons (Fsp3) is 0.571. The number of hydrogen-bond acceptors (Lipinski definition) is 3. The summed E-state index contributed by atoms with van der Waals surface area (Å²) in [4.78, 5) is 0. The Hall–Kier alpha value is -1.06. The summed E-state index contributed by atoms with van der Waals surface area (Å²) in [6, 6.07) is 6.47. The van der Waals surface area contributed by atoms with Crippen LogP contribution in [0.25, 0.3) is 0 Å². The lowest BCUT2D eigenvalue weighted by molar-refractivity contribution is 0.330. The maximum atomic E-state index is 5.87. The molecule has 0 bridgehead atoms. The Balaban J connectivity index is 2.23. The van der Waals surface area contributed by atoms with Gasteiger partial charge < -0.3 is 15.8 Å². The number of nitrogens with one attached hydrogen (secondary N) is 1. The number of piperidine rings is 1. The van der Waals surface area contributed by atoms with Crippen LogP contribution in [0.4, 0.5) is 0 Å². The molecule has 1 fully saturated rings. The van der Waals surface area contributed by atoms with E-state index in [4.69, 9.17) is 10.5 Å². The molecule has 3 N–H and O–H groups in total. The predicted molar refractivity (Wildman–Crippen MR) is 70.5 cm³/mol. The number of aryl methyl sites for hydroxylation is 1. The number of hydrogen-bond donors (Lipinski definition) is 2. The van der Waals surface area contributed by atoms with Gasteiger partial charge in [0, 0.05) is 12.5 Å². The van der Waals surface area contributed by atoms with Crippen LogP contribution in [-0.2, 0) is 0 Å². The van der Waals surface area contributed by atoms with E-state index in [1.54, 1.807) is 7.11 Å². The fourth-order valence-corrected chi connectivity index (χ4v) is 2.72. The van der Waals surface area contributed by atoms with Crippen molar-refractivity contribution in [2.24, 2.45) is 11.7 Å². The van der Waals surface area contributed by atoms with E-state index in [1.165, 1.54) is 17.5 Å². The topological polar surface area (TPSA) is 47.3 Å². The quantitative estimate of drug-likeness (QED) is 0.836. The van der Waals surface area contributed by atoms with Crippen molar-refractivity contribution in [2.45, 2.75) is 19.3 Å². The van der Waals surface area contributed by atoms with Gasteiger partial charge in [0.25, 0.3) is 0 Å². The molecule has 17 heavy (non-hydrogen) atoms. The van der Waals surface area contributed by atoms with Crippen molar-refractivity contribution >= 4 is 0 Å². The number of nitrogens with two attached hydrogens (primary N) is 1. The van der Waals surface area contributed by atoms with Gasteiger partial charge in [0.1, 0.15) is 5.75 Å². The molecule has 1 aromatic rings. The molecule has 0 aromatic heterocycles. The molecule has 1 saturated heterocycles. The Bertz CT molecular complexity index is 378. The summed E-state index contributed by atoms with van der Waals surface area (Å²) in [5.41, 5.74) is 8.45. The fourth-order valence-electron chi connectivity index (χ4n) is 2.72. The van der Waals surface area contributed by atoms with Crippen molar-refractivity contribution < 1.29 is 4.74 Å². The maximum absolute atomic E-state index is 5.87. The van der Waals surface area contributed by atoms with E-state index in [-0.39, 0.29) is 0 Å². The molecule has 1 aliphatic heterocycles. The van der Waals surface area contributed by atoms with Gasteiger partial charge in [-0.15, -0.1) is 0 Å². The molecule has 0 amide bonds. The second kappa shape index (κ2) is 5.52. The van der Waals surface area contributed by atoms with Crippen LogP contribution in [-0.4, -0.2) is 26.7 Å². The highest BCUT2D eigenvalue weighted by atomic mass is 16.5. The van der Waals surface area contributed by atoms with E-state index in [0.29, 0.717) is 11.8 Å². The largest absolute Gasteiger partial charge is 0.496 e. The van der Waals surface area contributed by atoms with Crippen LogP contribution < -0.4 is 15.8 Å². The summed E-state index contributed by atoms with van der Waals surface area (Å²) in [6.45, 7) is 4.99. The lowest BCUT2D eigenvalue weighted by Gasteiger charge is -2.32. The third-order valence-electron chi connectivity index (χ3n) is 3.77. The zero-order valence-electron chi connectivity index (χ0n) is 10.7. The SMILES string of the molecule is COc1ccc(C2CNCCC2CN)cc1C. The molecular formula is C14H22N2O. The van der Waals surface area contributed by atoms with Crippen LogP contribution in [0.3, 0.4) is 0 Å². The minimum Gasteiger partial charge on any atom is -0.496 e. The molecule has 3 nitrogen and oxygen atoms in total. The monoisotopic (exact) mass is 234 g/mol. The third-order valence-corrected chi connectivity index (χ3v) is 3.77. The summed E-state index contributed by atoms with van der Waals surface area (Å²) in [5.74, 6) is 2.10. The molecule has 1 heterocycles. The number of methoxy groups -OCH3 is 1. The maximum Gasteiger partial charge on any atom is 0.121 e. The van der Waals surface area contributed by atoms with Gasteiger partial charge >= 0.3 is 0 Å². The van der Waals surface area contributed by atoms with Gasteiger partial charge in [0.2, 0.25) is 0 Å². The standard InChI is InChI=1S/C14H22N2O/c1-10-7-11(3-4-14(10)17-2)13-9-16-6-5-12(13)8-15/h3-4,7,12-13,16H,5-6,8-9,15H2,1-2H3. The lowest BCUT2D eigenvalue weighted by atomic mass is 9.81. The normalized spacial score (nSPS) is 24.6. The molecule has 0 radical (unpaired) electrons. The smallest absolute Gasteiger partial charge is 0.121 e. The molecule has 0 spiro atoms. The summed E-state index contributed by atoms with van der Waals surface area (Å²) >= 11 is 0. The molecule has 94 valence electrons. The van der Waals surface area contributed by atoms with Crippen LogP contribution in [0, 0.1) is 12.8 Å². The van der Waals surface area contributed by atoms with E-state index in [1.807, 2.05) is 0 Å². The lowest BCUT2D eigenvalue weighted by Crippen LogP contribution is -2.38. The predicted octanol–water partition coefficient (Wildman–Crippen LogP) is 1.66. The van der Waals surface area contributed by atoms with E-state index < -0.39 is 0 Å². The van der Waals surface area contributed by atoms with Gasteiger partial charge in [0.15, 0.2) is 0 Å². The van der Waals surface area contributed by atoms with Crippen molar-refractivity contribution in [3.63, 3.8) is 0 Å². The van der Waals surface area contributed by atoms with E-state index in [2.05, 4.69) is 30.4 Å². The van der Waals surface area contributed by atoms with Crippen molar-refractivity contribution in [2.75, 3.05) is 26.7 Å². The average molecular weight is 234 g/mol. The summed E-state index contributed by atoms with van der Waals surface area (Å²) in [5, 5.41) is 3.46. The van der Waals surface area contributed by atoms with Gasteiger partial charge in [-0.25, -0.2) is 0 Å². The minimum absolute atomic E-state index is 0.540. The molecule has 1 aliphatic rings. The third kappa shape index (κ3) is 2.61. The van der Waals surface area contributed by atoms with Crippen molar-refractivity contribution in [1.29, 1.82) is 0 Å². The average Bonchev–Trinajstić information content (AvgIpc) is 2.38. The molecule has 1 aromatic carbocycles. The Morgan fingerprint density at radius 1 is 1.47 bits per heavy atom. The Labute approximate surface area is 103 Å². The van der Waals surface area contributed by atoms with Crippen molar-refractivity contribution in [3.05, 3.63) is 29.3 Å². The molecule has 0 saturated carbocycles.